The second-order valence-corrected chi connectivity index (χ2v) is 8.34. The van der Waals surface area contributed by atoms with Gasteiger partial charge in [0.1, 0.15) is 5.60 Å². The van der Waals surface area contributed by atoms with Gasteiger partial charge in [0, 0.05) is 25.2 Å². The molecule has 1 N–H and O–H groups in total. The van der Waals surface area contributed by atoms with Crippen LogP contribution in [0, 0.1) is 0 Å². The summed E-state index contributed by atoms with van der Waals surface area (Å²) in [6, 6.07) is 1.61. The van der Waals surface area contributed by atoms with E-state index in [9.17, 15) is 4.79 Å². The molecule has 0 unspecified atom stereocenters. The third kappa shape index (κ3) is 5.96. The van der Waals surface area contributed by atoms with Crippen LogP contribution in [-0.2, 0) is 4.74 Å². The Morgan fingerprint density at radius 1 is 1.04 bits per heavy atom. The van der Waals surface area contributed by atoms with Crippen LogP contribution in [-0.4, -0.2) is 66.8 Å². The summed E-state index contributed by atoms with van der Waals surface area (Å²) in [4.78, 5) is 16.4. The van der Waals surface area contributed by atoms with E-state index in [1.165, 1.54) is 25.9 Å². The smallest absolute Gasteiger partial charge is 0.410 e. The van der Waals surface area contributed by atoms with Gasteiger partial charge in [-0.1, -0.05) is 0 Å². The molecule has 1 aliphatic carbocycles. The minimum Gasteiger partial charge on any atom is -0.444 e. The van der Waals surface area contributed by atoms with Gasteiger partial charge in [-0.3, -0.25) is 0 Å². The summed E-state index contributed by atoms with van der Waals surface area (Å²) in [5, 5.41) is 3.84. The molecule has 1 aliphatic heterocycles. The van der Waals surface area contributed by atoms with Gasteiger partial charge in [-0.15, -0.1) is 0 Å². The largest absolute Gasteiger partial charge is 0.444 e. The Bertz CT molecular complexity index is 378. The van der Waals surface area contributed by atoms with E-state index in [0.717, 1.165) is 25.7 Å². The summed E-state index contributed by atoms with van der Waals surface area (Å²) in [5.41, 5.74) is -0.418. The minimum atomic E-state index is -0.418. The number of likely N-dealkylation sites (tertiary alicyclic amines) is 1. The van der Waals surface area contributed by atoms with Crippen molar-refractivity contribution in [3.05, 3.63) is 0 Å². The fraction of sp³-hybridized carbons (Fsp3) is 0.944. The summed E-state index contributed by atoms with van der Waals surface area (Å²) in [6.45, 7) is 8.16. The van der Waals surface area contributed by atoms with Crippen molar-refractivity contribution >= 4 is 6.09 Å². The first-order chi connectivity index (χ1) is 10.7. The molecule has 1 saturated heterocycles. The molecule has 0 bridgehead atoms. The van der Waals surface area contributed by atoms with Crippen molar-refractivity contribution in [1.82, 2.24) is 15.1 Å². The van der Waals surface area contributed by atoms with Crippen LogP contribution in [0.2, 0.25) is 0 Å². The van der Waals surface area contributed by atoms with Crippen LogP contribution in [0.15, 0.2) is 0 Å². The highest BCUT2D eigenvalue weighted by Gasteiger charge is 2.30. The van der Waals surface area contributed by atoms with Crippen LogP contribution in [0.5, 0.6) is 0 Å². The zero-order valence-electron chi connectivity index (χ0n) is 15.6. The standard InChI is InChI=1S/C18H35N3O2/c1-18(2,3)23-17(22)21(5)16-8-6-14(7-9-16)19-15-10-12-20(4)13-11-15/h14-16,19H,6-13H2,1-5H3. The van der Waals surface area contributed by atoms with Gasteiger partial charge in [0.05, 0.1) is 0 Å². The molecular weight excluding hydrogens is 290 g/mol. The molecule has 134 valence electrons. The van der Waals surface area contributed by atoms with E-state index in [1.807, 2.05) is 27.8 Å². The Hall–Kier alpha value is -0.810. The molecule has 1 amide bonds. The quantitative estimate of drug-likeness (QED) is 0.866. The molecule has 23 heavy (non-hydrogen) atoms. The van der Waals surface area contributed by atoms with Crippen molar-refractivity contribution in [1.29, 1.82) is 0 Å². The maximum atomic E-state index is 12.2. The molecular formula is C18H35N3O2. The van der Waals surface area contributed by atoms with Gasteiger partial charge in [-0.2, -0.15) is 0 Å². The zero-order valence-corrected chi connectivity index (χ0v) is 15.6. The van der Waals surface area contributed by atoms with E-state index in [0.29, 0.717) is 18.1 Å². The lowest BCUT2D eigenvalue weighted by atomic mass is 9.89. The molecule has 0 aromatic rings. The molecule has 1 heterocycles. The fourth-order valence-electron chi connectivity index (χ4n) is 3.62. The fourth-order valence-corrected chi connectivity index (χ4v) is 3.62. The lowest BCUT2D eigenvalue weighted by molar-refractivity contribution is 0.0177. The summed E-state index contributed by atoms with van der Waals surface area (Å²) < 4.78 is 5.48. The minimum absolute atomic E-state index is 0.191. The van der Waals surface area contributed by atoms with E-state index in [4.69, 9.17) is 4.74 Å². The molecule has 0 spiro atoms. The number of rotatable bonds is 3. The van der Waals surface area contributed by atoms with Crippen molar-refractivity contribution < 1.29 is 9.53 Å². The van der Waals surface area contributed by atoms with Gasteiger partial charge in [0.2, 0.25) is 0 Å². The maximum Gasteiger partial charge on any atom is 0.410 e. The van der Waals surface area contributed by atoms with E-state index < -0.39 is 5.60 Å². The molecule has 2 rings (SSSR count). The topological polar surface area (TPSA) is 44.8 Å². The number of carbonyl (C=O) groups is 1. The van der Waals surface area contributed by atoms with Crippen molar-refractivity contribution in [2.24, 2.45) is 0 Å². The molecule has 0 aromatic carbocycles. The molecule has 0 atom stereocenters. The highest BCUT2D eigenvalue weighted by atomic mass is 16.6. The third-order valence-electron chi connectivity index (χ3n) is 5.12. The second-order valence-electron chi connectivity index (χ2n) is 8.34. The molecule has 1 saturated carbocycles. The van der Waals surface area contributed by atoms with Crippen molar-refractivity contribution in [3.8, 4) is 0 Å². The lowest BCUT2D eigenvalue weighted by Gasteiger charge is -2.38. The van der Waals surface area contributed by atoms with Crippen molar-refractivity contribution in [2.45, 2.75) is 83.0 Å². The number of ether oxygens (including phenoxy) is 1. The molecule has 5 nitrogen and oxygen atoms in total. The van der Waals surface area contributed by atoms with E-state index in [2.05, 4.69) is 17.3 Å². The molecule has 0 radical (unpaired) electrons. The predicted molar refractivity (Wildman–Crippen MR) is 93.7 cm³/mol. The van der Waals surface area contributed by atoms with Gasteiger partial charge in [0.15, 0.2) is 0 Å². The Labute approximate surface area is 141 Å². The van der Waals surface area contributed by atoms with E-state index in [1.54, 1.807) is 4.90 Å². The van der Waals surface area contributed by atoms with Crippen LogP contribution < -0.4 is 5.32 Å². The van der Waals surface area contributed by atoms with Crippen LogP contribution >= 0.6 is 0 Å². The first kappa shape index (κ1) is 18.5. The Balaban J connectivity index is 1.72. The van der Waals surface area contributed by atoms with Gasteiger partial charge in [-0.25, -0.2) is 4.79 Å². The number of nitrogens with zero attached hydrogens (tertiary/aromatic N) is 2. The first-order valence-corrected chi connectivity index (χ1v) is 9.15. The van der Waals surface area contributed by atoms with Crippen LogP contribution in [0.3, 0.4) is 0 Å². The summed E-state index contributed by atoms with van der Waals surface area (Å²) in [5.74, 6) is 0. The van der Waals surface area contributed by atoms with Crippen LogP contribution in [0.4, 0.5) is 4.79 Å². The zero-order chi connectivity index (χ0) is 17.0. The molecule has 2 fully saturated rings. The Kier molecular flexibility index (Phi) is 6.32. The maximum absolute atomic E-state index is 12.2. The Morgan fingerprint density at radius 2 is 1.57 bits per heavy atom. The average Bonchev–Trinajstić information content (AvgIpc) is 2.48. The van der Waals surface area contributed by atoms with Crippen molar-refractivity contribution in [3.63, 3.8) is 0 Å². The van der Waals surface area contributed by atoms with Crippen molar-refractivity contribution in [2.75, 3.05) is 27.2 Å². The predicted octanol–water partition coefficient (Wildman–Crippen LogP) is 2.85. The molecule has 5 heteroatoms. The van der Waals surface area contributed by atoms with Crippen LogP contribution in [0.1, 0.15) is 59.3 Å². The van der Waals surface area contributed by atoms with Gasteiger partial charge >= 0.3 is 6.09 Å². The first-order valence-electron chi connectivity index (χ1n) is 9.15. The van der Waals surface area contributed by atoms with Gasteiger partial charge in [-0.05, 0) is 79.4 Å². The van der Waals surface area contributed by atoms with Gasteiger partial charge < -0.3 is 19.9 Å². The van der Waals surface area contributed by atoms with E-state index in [-0.39, 0.29) is 6.09 Å². The number of amides is 1. The number of hydrogen-bond acceptors (Lipinski definition) is 4. The number of nitrogens with one attached hydrogen (secondary N) is 1. The number of carbonyl (C=O) groups excluding carboxylic acids is 1. The van der Waals surface area contributed by atoms with Gasteiger partial charge in [0.25, 0.3) is 0 Å². The Morgan fingerprint density at radius 3 is 2.09 bits per heavy atom. The van der Waals surface area contributed by atoms with E-state index >= 15 is 0 Å². The normalized spacial score (nSPS) is 27.7. The highest BCUT2D eigenvalue weighted by Crippen LogP contribution is 2.25. The van der Waals surface area contributed by atoms with Crippen LogP contribution in [0.25, 0.3) is 0 Å². The SMILES string of the molecule is CN1CCC(NC2CCC(N(C)C(=O)OC(C)(C)C)CC2)CC1. The highest BCUT2D eigenvalue weighted by molar-refractivity contribution is 5.68. The average molecular weight is 325 g/mol. The number of hydrogen-bond donors (Lipinski definition) is 1. The monoisotopic (exact) mass is 325 g/mol. The third-order valence-corrected chi connectivity index (χ3v) is 5.12. The summed E-state index contributed by atoms with van der Waals surface area (Å²) in [6.07, 6.45) is 6.78. The number of piperidine rings is 1. The second kappa shape index (κ2) is 7.84. The molecule has 0 aromatic heterocycles. The summed E-state index contributed by atoms with van der Waals surface area (Å²) >= 11 is 0. The summed E-state index contributed by atoms with van der Waals surface area (Å²) in [7, 11) is 4.08. The molecule has 2 aliphatic rings. The lowest BCUT2D eigenvalue weighted by Crippen LogP contribution is -2.49.